The molecule has 0 radical (unpaired) electrons. The zero-order chi connectivity index (χ0) is 11.4. The van der Waals surface area contributed by atoms with E-state index in [-0.39, 0.29) is 18.5 Å². The Morgan fingerprint density at radius 2 is 2.20 bits per heavy atom. The molecule has 0 saturated carbocycles. The minimum absolute atomic E-state index is 0.00854. The van der Waals surface area contributed by atoms with Gasteiger partial charge in [-0.3, -0.25) is 9.59 Å². The predicted molar refractivity (Wildman–Crippen MR) is 57.0 cm³/mol. The van der Waals surface area contributed by atoms with Gasteiger partial charge in [0.1, 0.15) is 0 Å². The molecular formula is C10H19N3O2. The van der Waals surface area contributed by atoms with Crippen molar-refractivity contribution < 1.29 is 9.59 Å². The fraction of sp³-hybridized carbons (Fsp3) is 0.800. The van der Waals surface area contributed by atoms with Crippen LogP contribution in [0.1, 0.15) is 19.8 Å². The summed E-state index contributed by atoms with van der Waals surface area (Å²) in [5.41, 5.74) is 5.03. The molecule has 1 aliphatic heterocycles. The van der Waals surface area contributed by atoms with E-state index in [9.17, 15) is 9.59 Å². The van der Waals surface area contributed by atoms with Crippen LogP contribution in [0.3, 0.4) is 0 Å². The third-order valence-corrected chi connectivity index (χ3v) is 2.73. The Kier molecular flexibility index (Phi) is 4.08. The molecule has 0 spiro atoms. The summed E-state index contributed by atoms with van der Waals surface area (Å²) < 4.78 is 0. The zero-order valence-electron chi connectivity index (χ0n) is 9.32. The van der Waals surface area contributed by atoms with Crippen LogP contribution in [0.5, 0.6) is 0 Å². The topological polar surface area (TPSA) is 75.4 Å². The Hall–Kier alpha value is -1.10. The van der Waals surface area contributed by atoms with Crippen molar-refractivity contribution in [2.75, 3.05) is 20.1 Å². The van der Waals surface area contributed by atoms with Gasteiger partial charge >= 0.3 is 0 Å². The Morgan fingerprint density at radius 3 is 2.73 bits per heavy atom. The normalized spacial score (nSPS) is 26.0. The molecule has 3 N–H and O–H groups in total. The van der Waals surface area contributed by atoms with Gasteiger partial charge in [0.2, 0.25) is 11.8 Å². The van der Waals surface area contributed by atoms with Crippen LogP contribution >= 0.6 is 0 Å². The summed E-state index contributed by atoms with van der Waals surface area (Å²) >= 11 is 0. The van der Waals surface area contributed by atoms with Crippen molar-refractivity contribution in [1.82, 2.24) is 10.2 Å². The van der Waals surface area contributed by atoms with Gasteiger partial charge < -0.3 is 16.0 Å². The summed E-state index contributed by atoms with van der Waals surface area (Å²) in [7, 11) is 1.61. The summed E-state index contributed by atoms with van der Waals surface area (Å²) in [5, 5.41) is 3.16. The first kappa shape index (κ1) is 12.0. The lowest BCUT2D eigenvalue weighted by Crippen LogP contribution is -2.50. The smallest absolute Gasteiger partial charge is 0.239 e. The van der Waals surface area contributed by atoms with Gasteiger partial charge in [-0.25, -0.2) is 0 Å². The van der Waals surface area contributed by atoms with Gasteiger partial charge in [0, 0.05) is 7.05 Å². The second-order valence-electron chi connectivity index (χ2n) is 4.30. The number of piperidine rings is 1. The van der Waals surface area contributed by atoms with Gasteiger partial charge in [-0.05, 0) is 25.3 Å². The molecule has 0 aliphatic carbocycles. The van der Waals surface area contributed by atoms with Crippen LogP contribution in [0.15, 0.2) is 0 Å². The molecule has 15 heavy (non-hydrogen) atoms. The molecule has 2 unspecified atom stereocenters. The van der Waals surface area contributed by atoms with Crippen LogP contribution < -0.4 is 11.1 Å². The molecular weight excluding hydrogens is 194 g/mol. The molecule has 0 aromatic heterocycles. The Balaban J connectivity index is 2.47. The largest absolute Gasteiger partial charge is 0.368 e. The molecule has 1 saturated heterocycles. The van der Waals surface area contributed by atoms with Crippen molar-refractivity contribution in [1.29, 1.82) is 0 Å². The highest BCUT2D eigenvalue weighted by molar-refractivity contribution is 5.86. The highest BCUT2D eigenvalue weighted by Crippen LogP contribution is 2.16. The van der Waals surface area contributed by atoms with Gasteiger partial charge in [-0.2, -0.15) is 0 Å². The fourth-order valence-corrected chi connectivity index (χ4v) is 1.87. The van der Waals surface area contributed by atoms with Crippen molar-refractivity contribution >= 4 is 11.8 Å². The van der Waals surface area contributed by atoms with E-state index in [1.807, 2.05) is 0 Å². The Labute approximate surface area is 90.0 Å². The molecule has 0 aromatic carbocycles. The van der Waals surface area contributed by atoms with Gasteiger partial charge in [0.15, 0.2) is 0 Å². The van der Waals surface area contributed by atoms with E-state index in [1.165, 1.54) is 4.90 Å². The maximum atomic E-state index is 11.8. The predicted octanol–water partition coefficient (Wildman–Crippen LogP) is -0.682. The zero-order valence-corrected chi connectivity index (χ0v) is 9.32. The quantitative estimate of drug-likeness (QED) is 0.652. The first-order valence-electron chi connectivity index (χ1n) is 5.27. The minimum Gasteiger partial charge on any atom is -0.368 e. The average molecular weight is 213 g/mol. The third-order valence-electron chi connectivity index (χ3n) is 2.73. The lowest BCUT2D eigenvalue weighted by molar-refractivity contribution is -0.136. The van der Waals surface area contributed by atoms with Gasteiger partial charge in [-0.1, -0.05) is 6.92 Å². The number of nitrogens with one attached hydrogen (secondary N) is 1. The maximum Gasteiger partial charge on any atom is 0.239 e. The summed E-state index contributed by atoms with van der Waals surface area (Å²) in [5.74, 6) is 0.0391. The number of amides is 2. The molecule has 5 heteroatoms. The number of carbonyl (C=O) groups excluding carboxylic acids is 2. The van der Waals surface area contributed by atoms with E-state index in [0.717, 1.165) is 19.4 Å². The van der Waals surface area contributed by atoms with E-state index in [2.05, 4.69) is 12.2 Å². The monoisotopic (exact) mass is 213 g/mol. The number of hydrogen-bond acceptors (Lipinski definition) is 3. The first-order valence-corrected chi connectivity index (χ1v) is 5.27. The number of hydrogen-bond donors (Lipinski definition) is 2. The van der Waals surface area contributed by atoms with Crippen molar-refractivity contribution in [3.63, 3.8) is 0 Å². The number of rotatable bonds is 3. The summed E-state index contributed by atoms with van der Waals surface area (Å²) in [6.07, 6.45) is 1.94. The van der Waals surface area contributed by atoms with Crippen molar-refractivity contribution in [3.8, 4) is 0 Å². The third kappa shape index (κ3) is 3.51. The average Bonchev–Trinajstić information content (AvgIpc) is 2.15. The van der Waals surface area contributed by atoms with Gasteiger partial charge in [0.25, 0.3) is 0 Å². The molecule has 1 heterocycles. The second-order valence-corrected chi connectivity index (χ2v) is 4.30. The van der Waals surface area contributed by atoms with Crippen LogP contribution in [0.25, 0.3) is 0 Å². The molecule has 5 nitrogen and oxygen atoms in total. The highest BCUT2D eigenvalue weighted by atomic mass is 16.2. The van der Waals surface area contributed by atoms with Crippen LogP contribution in [0.4, 0.5) is 0 Å². The van der Waals surface area contributed by atoms with E-state index >= 15 is 0 Å². The SMILES string of the molecule is CC1CCNC(C(=O)N(C)CC(N)=O)C1. The Bertz CT molecular complexity index is 255. The molecule has 2 amide bonds. The van der Waals surface area contributed by atoms with Crippen molar-refractivity contribution in [3.05, 3.63) is 0 Å². The Morgan fingerprint density at radius 1 is 1.53 bits per heavy atom. The summed E-state index contributed by atoms with van der Waals surface area (Å²) in [6.45, 7) is 2.99. The van der Waals surface area contributed by atoms with Crippen molar-refractivity contribution in [2.45, 2.75) is 25.8 Å². The van der Waals surface area contributed by atoms with Crippen LogP contribution in [0, 0.1) is 5.92 Å². The molecule has 1 aliphatic rings. The molecule has 1 rings (SSSR count). The van der Waals surface area contributed by atoms with Crippen molar-refractivity contribution in [2.24, 2.45) is 11.7 Å². The second kappa shape index (κ2) is 5.11. The van der Waals surface area contributed by atoms with Crippen LogP contribution in [-0.2, 0) is 9.59 Å². The lowest BCUT2D eigenvalue weighted by Gasteiger charge is -2.30. The number of carbonyl (C=O) groups is 2. The number of likely N-dealkylation sites (N-methyl/N-ethyl adjacent to an activating group) is 1. The molecule has 0 aromatic rings. The number of primary amides is 1. The standard InChI is InChI=1S/C10H19N3O2/c1-7-3-4-12-8(5-7)10(15)13(2)6-9(11)14/h7-8,12H,3-6H2,1-2H3,(H2,11,14). The molecule has 0 bridgehead atoms. The van der Waals surface area contributed by atoms with Crippen LogP contribution in [0.2, 0.25) is 0 Å². The number of nitrogens with zero attached hydrogens (tertiary/aromatic N) is 1. The first-order chi connectivity index (χ1) is 7.00. The lowest BCUT2D eigenvalue weighted by atomic mass is 9.93. The summed E-state index contributed by atoms with van der Waals surface area (Å²) in [4.78, 5) is 23.9. The molecule has 2 atom stereocenters. The maximum absolute atomic E-state index is 11.8. The molecule has 86 valence electrons. The van der Waals surface area contributed by atoms with Gasteiger partial charge in [0.05, 0.1) is 12.6 Å². The summed E-state index contributed by atoms with van der Waals surface area (Å²) in [6, 6.07) is -0.155. The van der Waals surface area contributed by atoms with E-state index in [1.54, 1.807) is 7.05 Å². The van der Waals surface area contributed by atoms with Crippen LogP contribution in [-0.4, -0.2) is 42.9 Å². The molecule has 1 fully saturated rings. The minimum atomic E-state index is -0.477. The van der Waals surface area contributed by atoms with E-state index < -0.39 is 5.91 Å². The van der Waals surface area contributed by atoms with E-state index in [4.69, 9.17) is 5.73 Å². The highest BCUT2D eigenvalue weighted by Gasteiger charge is 2.27. The van der Waals surface area contributed by atoms with Gasteiger partial charge in [-0.15, -0.1) is 0 Å². The van der Waals surface area contributed by atoms with E-state index in [0.29, 0.717) is 5.92 Å². The number of nitrogens with two attached hydrogens (primary N) is 1. The fourth-order valence-electron chi connectivity index (χ4n) is 1.87.